The second-order valence-electron chi connectivity index (χ2n) is 7.58. The Bertz CT molecular complexity index is 1520. The van der Waals surface area contributed by atoms with Crippen molar-refractivity contribution in [3.63, 3.8) is 0 Å². The van der Waals surface area contributed by atoms with Crippen molar-refractivity contribution in [3.05, 3.63) is 102 Å². The highest BCUT2D eigenvalue weighted by molar-refractivity contribution is 7.89. The largest absolute Gasteiger partial charge is 0.496 e. The Morgan fingerprint density at radius 1 is 0.943 bits per heavy atom. The lowest BCUT2D eigenvalue weighted by molar-refractivity contribution is 0.0996. The maximum atomic E-state index is 12.7. The molecule has 0 aliphatic heterocycles. The number of hydrogen-bond donors (Lipinski definition) is 2. The predicted octanol–water partition coefficient (Wildman–Crippen LogP) is 3.84. The van der Waals surface area contributed by atoms with Gasteiger partial charge in [-0.3, -0.25) is 4.79 Å². The molecule has 0 aliphatic rings. The van der Waals surface area contributed by atoms with Crippen molar-refractivity contribution >= 4 is 32.9 Å². The number of hydrazone groups is 1. The number of nitrogens with zero attached hydrogens (tertiary/aromatic N) is 1. The Morgan fingerprint density at radius 3 is 2.46 bits per heavy atom. The quantitative estimate of drug-likeness (QED) is 0.273. The molecule has 4 rings (SSSR count). The van der Waals surface area contributed by atoms with Gasteiger partial charge in [0.15, 0.2) is 0 Å². The molecule has 8 nitrogen and oxygen atoms in total. The summed E-state index contributed by atoms with van der Waals surface area (Å²) in [6.07, 6.45) is 1.39. The average molecular weight is 490 g/mol. The molecule has 0 heterocycles. The highest BCUT2D eigenvalue weighted by atomic mass is 32.2. The van der Waals surface area contributed by atoms with E-state index in [1.54, 1.807) is 54.6 Å². The normalized spacial score (nSPS) is 11.5. The molecule has 0 radical (unpaired) electrons. The van der Waals surface area contributed by atoms with E-state index in [0.29, 0.717) is 22.6 Å². The highest BCUT2D eigenvalue weighted by Crippen LogP contribution is 2.24. The van der Waals surface area contributed by atoms with Crippen LogP contribution in [0.15, 0.2) is 94.9 Å². The summed E-state index contributed by atoms with van der Waals surface area (Å²) in [5.41, 5.74) is 6.97. The average Bonchev–Trinajstić information content (AvgIpc) is 2.87. The van der Waals surface area contributed by atoms with Gasteiger partial charge in [0.25, 0.3) is 15.9 Å². The number of amides is 1. The number of hydrogen-bond acceptors (Lipinski definition) is 6. The van der Waals surface area contributed by atoms with E-state index in [4.69, 9.17) is 15.2 Å². The number of nitrogens with one attached hydrogen (secondary N) is 1. The van der Waals surface area contributed by atoms with Crippen LogP contribution in [0.1, 0.15) is 21.5 Å². The summed E-state index contributed by atoms with van der Waals surface area (Å²) in [4.78, 5) is 14.0. The molecule has 4 aromatic carbocycles. The van der Waals surface area contributed by atoms with Crippen molar-refractivity contribution < 1.29 is 22.7 Å². The van der Waals surface area contributed by atoms with Crippen LogP contribution in [-0.2, 0) is 16.6 Å². The van der Waals surface area contributed by atoms with Gasteiger partial charge in [0, 0.05) is 5.56 Å². The fraction of sp³-hybridized carbons (Fsp3) is 0.0769. The van der Waals surface area contributed by atoms with E-state index in [1.165, 1.54) is 19.4 Å². The van der Waals surface area contributed by atoms with Crippen LogP contribution in [0.4, 0.5) is 0 Å². The molecule has 1 amide bonds. The van der Waals surface area contributed by atoms with Gasteiger partial charge in [-0.15, -0.1) is 0 Å². The number of para-hydroxylation sites is 1. The lowest BCUT2D eigenvalue weighted by Crippen LogP contribution is -2.18. The van der Waals surface area contributed by atoms with Crippen molar-refractivity contribution in [1.82, 2.24) is 4.83 Å². The summed E-state index contributed by atoms with van der Waals surface area (Å²) >= 11 is 0. The number of fused-ring (bicyclic) bond motifs is 1. The number of rotatable bonds is 9. The summed E-state index contributed by atoms with van der Waals surface area (Å²) in [5, 5.41) is 5.68. The number of carbonyl (C=O) groups is 1. The smallest absolute Gasteiger partial charge is 0.276 e. The molecule has 0 spiro atoms. The van der Waals surface area contributed by atoms with E-state index >= 15 is 0 Å². The van der Waals surface area contributed by atoms with Crippen LogP contribution in [0, 0.1) is 0 Å². The van der Waals surface area contributed by atoms with Gasteiger partial charge in [0.05, 0.1) is 23.8 Å². The number of primary amides is 1. The third-order valence-corrected chi connectivity index (χ3v) is 6.48. The van der Waals surface area contributed by atoms with Crippen molar-refractivity contribution in [2.75, 3.05) is 7.11 Å². The zero-order valence-corrected chi connectivity index (χ0v) is 19.7. The SMILES string of the molecule is COc1ccc(C=NNS(=O)(=O)c2ccc3ccccc3c2)cc1COc1ccccc1C(N)=O. The van der Waals surface area contributed by atoms with Crippen LogP contribution < -0.4 is 20.0 Å². The van der Waals surface area contributed by atoms with Gasteiger partial charge in [0.2, 0.25) is 0 Å². The lowest BCUT2D eigenvalue weighted by atomic mass is 10.1. The fourth-order valence-corrected chi connectivity index (χ4v) is 4.33. The molecule has 0 fully saturated rings. The molecular formula is C26H23N3O5S. The molecule has 0 saturated carbocycles. The van der Waals surface area contributed by atoms with Gasteiger partial charge < -0.3 is 15.2 Å². The van der Waals surface area contributed by atoms with Crippen LogP contribution in [0.5, 0.6) is 11.5 Å². The molecule has 0 bridgehead atoms. The van der Waals surface area contributed by atoms with Crippen molar-refractivity contribution in [2.24, 2.45) is 10.8 Å². The van der Waals surface area contributed by atoms with Crippen LogP contribution in [0.2, 0.25) is 0 Å². The van der Waals surface area contributed by atoms with Crippen LogP contribution in [-0.4, -0.2) is 27.6 Å². The van der Waals surface area contributed by atoms with Crippen molar-refractivity contribution in [3.8, 4) is 11.5 Å². The second-order valence-corrected chi connectivity index (χ2v) is 9.24. The zero-order valence-electron chi connectivity index (χ0n) is 18.8. The first kappa shape index (κ1) is 23.8. The maximum absolute atomic E-state index is 12.7. The number of nitrogens with two attached hydrogens (primary N) is 1. The number of methoxy groups -OCH3 is 1. The first-order valence-corrected chi connectivity index (χ1v) is 12.1. The Kier molecular flexibility index (Phi) is 6.98. The zero-order chi connectivity index (χ0) is 24.8. The van der Waals surface area contributed by atoms with E-state index in [0.717, 1.165) is 10.8 Å². The summed E-state index contributed by atoms with van der Waals surface area (Å²) in [5.74, 6) is 0.326. The molecule has 3 N–H and O–H groups in total. The fourth-order valence-electron chi connectivity index (χ4n) is 3.50. The van der Waals surface area contributed by atoms with Gasteiger partial charge in [0.1, 0.15) is 18.1 Å². The summed E-state index contributed by atoms with van der Waals surface area (Å²) in [7, 11) is -2.32. The first-order valence-electron chi connectivity index (χ1n) is 10.6. The van der Waals surface area contributed by atoms with Crippen LogP contribution in [0.3, 0.4) is 0 Å². The highest BCUT2D eigenvalue weighted by Gasteiger charge is 2.14. The van der Waals surface area contributed by atoms with Gasteiger partial charge in [-0.25, -0.2) is 4.83 Å². The molecule has 0 aliphatic carbocycles. The molecule has 0 atom stereocenters. The second kappa shape index (κ2) is 10.3. The minimum absolute atomic E-state index is 0.0952. The molecular weight excluding hydrogens is 466 g/mol. The molecule has 4 aromatic rings. The van der Waals surface area contributed by atoms with E-state index in [9.17, 15) is 13.2 Å². The summed E-state index contributed by atoms with van der Waals surface area (Å²) in [6, 6.07) is 24.3. The standard InChI is InChI=1S/C26H23N3O5S/c1-33-24-13-10-18(14-21(24)17-34-25-9-5-4-8-23(25)26(27)30)16-28-29-35(31,32)22-12-11-19-6-2-3-7-20(19)15-22/h2-16,29H,17H2,1H3,(H2,27,30). The Hall–Kier alpha value is -4.37. The number of ether oxygens (including phenoxy) is 2. The topological polar surface area (TPSA) is 120 Å². The molecule has 0 aromatic heterocycles. The number of carbonyl (C=O) groups excluding carboxylic acids is 1. The Labute approximate surface area is 203 Å². The predicted molar refractivity (Wildman–Crippen MR) is 134 cm³/mol. The summed E-state index contributed by atoms with van der Waals surface area (Å²) in [6.45, 7) is 0.0952. The van der Waals surface area contributed by atoms with Crippen LogP contribution >= 0.6 is 0 Å². The first-order chi connectivity index (χ1) is 16.9. The van der Waals surface area contributed by atoms with Crippen molar-refractivity contribution in [2.45, 2.75) is 11.5 Å². The van der Waals surface area contributed by atoms with Gasteiger partial charge in [-0.1, -0.05) is 42.5 Å². The minimum Gasteiger partial charge on any atom is -0.496 e. The Morgan fingerprint density at radius 2 is 1.69 bits per heavy atom. The molecule has 178 valence electrons. The Balaban J connectivity index is 1.49. The monoisotopic (exact) mass is 489 g/mol. The molecule has 35 heavy (non-hydrogen) atoms. The van der Waals surface area contributed by atoms with Gasteiger partial charge in [-0.05, 0) is 58.8 Å². The van der Waals surface area contributed by atoms with Crippen LogP contribution in [0.25, 0.3) is 10.8 Å². The lowest BCUT2D eigenvalue weighted by Gasteiger charge is -2.13. The number of benzene rings is 4. The molecule has 0 saturated heterocycles. The van der Waals surface area contributed by atoms with E-state index in [-0.39, 0.29) is 17.1 Å². The van der Waals surface area contributed by atoms with Gasteiger partial charge >= 0.3 is 0 Å². The molecule has 0 unspecified atom stereocenters. The van der Waals surface area contributed by atoms with Gasteiger partial charge in [-0.2, -0.15) is 13.5 Å². The third-order valence-electron chi connectivity index (χ3n) is 5.26. The maximum Gasteiger partial charge on any atom is 0.276 e. The third kappa shape index (κ3) is 5.59. The summed E-state index contributed by atoms with van der Waals surface area (Å²) < 4.78 is 36.5. The molecule has 9 heteroatoms. The van der Waals surface area contributed by atoms with E-state index in [1.807, 2.05) is 24.3 Å². The van der Waals surface area contributed by atoms with E-state index < -0.39 is 15.9 Å². The van der Waals surface area contributed by atoms with Crippen molar-refractivity contribution in [1.29, 1.82) is 0 Å². The van der Waals surface area contributed by atoms with E-state index in [2.05, 4.69) is 9.93 Å². The minimum atomic E-state index is -3.85. The number of sulfonamides is 1.